The van der Waals surface area contributed by atoms with Crippen molar-refractivity contribution >= 4 is 50.7 Å². The Labute approximate surface area is 211 Å². The van der Waals surface area contributed by atoms with Crippen molar-refractivity contribution in [1.29, 1.82) is 0 Å². The van der Waals surface area contributed by atoms with Crippen LogP contribution in [0.2, 0.25) is 0 Å². The van der Waals surface area contributed by atoms with Crippen LogP contribution in [0.25, 0.3) is 15.9 Å². The lowest BCUT2D eigenvalue weighted by Gasteiger charge is -2.17. The number of benzene rings is 2. The Balaban J connectivity index is 1.50. The van der Waals surface area contributed by atoms with Crippen LogP contribution in [0, 0.1) is 5.92 Å². The van der Waals surface area contributed by atoms with Crippen LogP contribution >= 0.6 is 23.1 Å². The molecule has 2 heterocycles. The Morgan fingerprint density at radius 3 is 2.60 bits per heavy atom. The molecule has 4 aromatic rings. The van der Waals surface area contributed by atoms with Gasteiger partial charge in [-0.2, -0.15) is 0 Å². The fourth-order valence-corrected chi connectivity index (χ4v) is 6.76. The molecular weight excluding hydrogens is 478 g/mol. The van der Waals surface area contributed by atoms with E-state index in [2.05, 4.69) is 12.2 Å². The first kappa shape index (κ1) is 23.5. The summed E-state index contributed by atoms with van der Waals surface area (Å²) in [5.41, 5.74) is 3.01. The van der Waals surface area contributed by atoms with Crippen LogP contribution in [0.4, 0.5) is 5.69 Å². The van der Waals surface area contributed by atoms with Crippen LogP contribution < -0.4 is 10.9 Å². The summed E-state index contributed by atoms with van der Waals surface area (Å²) in [5, 5.41) is 3.94. The van der Waals surface area contributed by atoms with Crippen molar-refractivity contribution in [2.24, 2.45) is 5.92 Å². The molecule has 8 heteroatoms. The smallest absolute Gasteiger partial charge is 0.267 e. The largest absolute Gasteiger partial charge is 0.326 e. The quantitative estimate of drug-likeness (QED) is 0.213. The molecular formula is C27H25N3O3S2. The third-order valence-corrected chi connectivity index (χ3v) is 8.26. The number of thioether (sulfide) groups is 1. The lowest BCUT2D eigenvalue weighted by atomic mass is 9.89. The fraction of sp³-hybridized carbons (Fsp3) is 0.259. The van der Waals surface area contributed by atoms with E-state index in [1.54, 1.807) is 40.2 Å². The van der Waals surface area contributed by atoms with E-state index in [9.17, 15) is 14.4 Å². The zero-order chi connectivity index (χ0) is 24.5. The van der Waals surface area contributed by atoms with Gasteiger partial charge in [-0.15, -0.1) is 11.3 Å². The van der Waals surface area contributed by atoms with E-state index in [0.717, 1.165) is 40.7 Å². The summed E-state index contributed by atoms with van der Waals surface area (Å²) in [6, 6.07) is 16.3. The predicted molar refractivity (Wildman–Crippen MR) is 142 cm³/mol. The third kappa shape index (κ3) is 4.81. The van der Waals surface area contributed by atoms with Crippen molar-refractivity contribution in [3.63, 3.8) is 0 Å². The van der Waals surface area contributed by atoms with Gasteiger partial charge in [-0.1, -0.05) is 36.9 Å². The zero-order valence-electron chi connectivity index (χ0n) is 19.5. The lowest BCUT2D eigenvalue weighted by Crippen LogP contribution is -2.23. The molecule has 0 fully saturated rings. The summed E-state index contributed by atoms with van der Waals surface area (Å²) < 4.78 is 1.64. The van der Waals surface area contributed by atoms with Crippen molar-refractivity contribution < 1.29 is 9.59 Å². The number of rotatable bonds is 6. The van der Waals surface area contributed by atoms with E-state index in [1.165, 1.54) is 23.6 Å². The van der Waals surface area contributed by atoms with E-state index >= 15 is 0 Å². The highest BCUT2D eigenvalue weighted by atomic mass is 32.2. The van der Waals surface area contributed by atoms with Crippen molar-refractivity contribution in [3.05, 3.63) is 81.0 Å². The van der Waals surface area contributed by atoms with E-state index in [-0.39, 0.29) is 23.0 Å². The van der Waals surface area contributed by atoms with Gasteiger partial charge in [-0.25, -0.2) is 4.98 Å². The summed E-state index contributed by atoms with van der Waals surface area (Å²) >= 11 is 2.89. The second-order valence-corrected chi connectivity index (χ2v) is 10.9. The number of hydrogen-bond donors (Lipinski definition) is 1. The molecule has 6 nitrogen and oxygen atoms in total. The second kappa shape index (κ2) is 9.79. The molecule has 1 N–H and O–H groups in total. The number of anilines is 1. The van der Waals surface area contributed by atoms with Gasteiger partial charge in [0.15, 0.2) is 10.9 Å². The number of amides is 1. The first-order valence-electron chi connectivity index (χ1n) is 11.6. The average molecular weight is 504 g/mol. The van der Waals surface area contributed by atoms with Crippen LogP contribution in [0.15, 0.2) is 64.5 Å². The predicted octanol–water partition coefficient (Wildman–Crippen LogP) is 5.51. The van der Waals surface area contributed by atoms with Gasteiger partial charge < -0.3 is 5.32 Å². The molecule has 0 saturated heterocycles. The van der Waals surface area contributed by atoms with Crippen LogP contribution in [0.5, 0.6) is 0 Å². The monoisotopic (exact) mass is 503 g/mol. The highest BCUT2D eigenvalue weighted by molar-refractivity contribution is 7.99. The molecule has 2 aromatic heterocycles. The van der Waals surface area contributed by atoms with Gasteiger partial charge in [0.25, 0.3) is 5.56 Å². The van der Waals surface area contributed by atoms with E-state index in [4.69, 9.17) is 4.98 Å². The minimum Gasteiger partial charge on any atom is -0.326 e. The maximum atomic E-state index is 13.8. The number of aryl methyl sites for hydroxylation is 1. The summed E-state index contributed by atoms with van der Waals surface area (Å²) in [5.74, 6) is 0.518. The van der Waals surface area contributed by atoms with E-state index < -0.39 is 0 Å². The molecule has 0 spiro atoms. The number of hydrogen-bond acceptors (Lipinski definition) is 6. The number of nitrogens with one attached hydrogen (secondary N) is 1. The molecule has 1 amide bonds. The van der Waals surface area contributed by atoms with E-state index in [1.807, 2.05) is 30.3 Å². The molecule has 5 rings (SSSR count). The molecule has 1 aliphatic rings. The topological polar surface area (TPSA) is 81.1 Å². The fourth-order valence-electron chi connectivity index (χ4n) is 4.43. The summed E-state index contributed by atoms with van der Waals surface area (Å²) in [4.78, 5) is 44.9. The zero-order valence-corrected chi connectivity index (χ0v) is 21.2. The van der Waals surface area contributed by atoms with Crippen LogP contribution in [-0.4, -0.2) is 27.0 Å². The average Bonchev–Trinajstić information content (AvgIpc) is 3.20. The van der Waals surface area contributed by atoms with Gasteiger partial charge in [0.05, 0.1) is 16.8 Å². The number of ketones is 1. The van der Waals surface area contributed by atoms with E-state index in [0.29, 0.717) is 22.3 Å². The molecule has 178 valence electrons. The molecule has 0 bridgehead atoms. The first-order valence-corrected chi connectivity index (χ1v) is 13.4. The van der Waals surface area contributed by atoms with Crippen molar-refractivity contribution in [2.75, 3.05) is 11.1 Å². The summed E-state index contributed by atoms with van der Waals surface area (Å²) in [6.07, 6.45) is 2.97. The summed E-state index contributed by atoms with van der Waals surface area (Å²) in [6.45, 7) is 3.69. The first-order chi connectivity index (χ1) is 16.9. The van der Waals surface area contributed by atoms with Gasteiger partial charge in [0, 0.05) is 23.1 Å². The Bertz CT molecular complexity index is 1470. The SMILES string of the molecule is CC(=O)Nc1ccc(C(=O)CSc2nc3sc4c(c3c(=O)n2-c2ccccc2)CCC(C)C4)cc1. The van der Waals surface area contributed by atoms with Gasteiger partial charge in [0.2, 0.25) is 5.91 Å². The molecule has 1 atom stereocenters. The van der Waals surface area contributed by atoms with Gasteiger partial charge in [0.1, 0.15) is 4.83 Å². The van der Waals surface area contributed by atoms with Crippen molar-refractivity contribution in [2.45, 2.75) is 38.3 Å². The number of Topliss-reactive ketones (excluding diaryl/α,β-unsaturated/α-hetero) is 1. The number of carbonyl (C=O) groups is 2. The molecule has 0 radical (unpaired) electrons. The summed E-state index contributed by atoms with van der Waals surface area (Å²) in [7, 11) is 0. The molecule has 0 saturated carbocycles. The lowest BCUT2D eigenvalue weighted by molar-refractivity contribution is -0.114. The van der Waals surface area contributed by atoms with Gasteiger partial charge >= 0.3 is 0 Å². The van der Waals surface area contributed by atoms with Crippen molar-refractivity contribution in [3.8, 4) is 5.69 Å². The number of nitrogens with zero attached hydrogens (tertiary/aromatic N) is 2. The number of carbonyl (C=O) groups excluding carboxylic acids is 2. The number of fused-ring (bicyclic) bond motifs is 3. The van der Waals surface area contributed by atoms with Gasteiger partial charge in [-0.3, -0.25) is 19.0 Å². The molecule has 1 unspecified atom stereocenters. The Morgan fingerprint density at radius 1 is 1.14 bits per heavy atom. The minimum atomic E-state index is -0.162. The maximum absolute atomic E-state index is 13.8. The number of thiophene rings is 1. The van der Waals surface area contributed by atoms with Gasteiger partial charge in [-0.05, 0) is 67.1 Å². The molecule has 35 heavy (non-hydrogen) atoms. The Morgan fingerprint density at radius 2 is 1.89 bits per heavy atom. The highest BCUT2D eigenvalue weighted by Gasteiger charge is 2.25. The Kier molecular flexibility index (Phi) is 6.58. The Hall–Kier alpha value is -3.23. The molecule has 2 aromatic carbocycles. The highest BCUT2D eigenvalue weighted by Crippen LogP contribution is 2.37. The molecule has 0 aliphatic heterocycles. The number of para-hydroxylation sites is 1. The van der Waals surface area contributed by atoms with Crippen LogP contribution in [0.1, 0.15) is 41.1 Å². The minimum absolute atomic E-state index is 0.0668. The van der Waals surface area contributed by atoms with Crippen LogP contribution in [-0.2, 0) is 17.6 Å². The standard InChI is InChI=1S/C27H25N3O3S2/c1-16-8-13-21-23(14-16)35-25-24(21)26(33)30(20-6-4-3-5-7-20)27(29-25)34-15-22(32)18-9-11-19(12-10-18)28-17(2)31/h3-7,9-12,16H,8,13-15H2,1-2H3,(H,28,31). The third-order valence-electron chi connectivity index (χ3n) is 6.17. The normalized spacial score (nSPS) is 15.1. The number of aromatic nitrogens is 2. The molecule has 1 aliphatic carbocycles. The van der Waals surface area contributed by atoms with Crippen molar-refractivity contribution in [1.82, 2.24) is 9.55 Å². The maximum Gasteiger partial charge on any atom is 0.267 e. The second-order valence-electron chi connectivity index (χ2n) is 8.87. The van der Waals surface area contributed by atoms with Crippen LogP contribution in [0.3, 0.4) is 0 Å².